The van der Waals surface area contributed by atoms with Crippen molar-refractivity contribution in [3.8, 4) is 11.5 Å². The second kappa shape index (κ2) is 6.75. The molecule has 6 nitrogen and oxygen atoms in total. The van der Waals surface area contributed by atoms with Gasteiger partial charge in [-0.25, -0.2) is 0 Å². The first-order chi connectivity index (χ1) is 9.31. The molecule has 6 heteroatoms. The third-order valence-electron chi connectivity index (χ3n) is 2.66. The molecule has 19 heavy (non-hydrogen) atoms. The van der Waals surface area contributed by atoms with Gasteiger partial charge in [-0.05, 0) is 17.7 Å². The molecule has 1 aromatic carbocycles. The molecular formula is C13H17N3O3. The number of rotatable bonds is 7. The number of methoxy groups -OCH3 is 2. The van der Waals surface area contributed by atoms with Gasteiger partial charge in [-0.3, -0.25) is 0 Å². The summed E-state index contributed by atoms with van der Waals surface area (Å²) in [6.07, 6.45) is 2.11. The van der Waals surface area contributed by atoms with Crippen LogP contribution < -0.4 is 14.8 Å². The molecule has 0 fully saturated rings. The summed E-state index contributed by atoms with van der Waals surface area (Å²) >= 11 is 0. The molecule has 0 aliphatic rings. The van der Waals surface area contributed by atoms with Crippen molar-refractivity contribution in [1.82, 2.24) is 15.5 Å². The van der Waals surface area contributed by atoms with E-state index in [2.05, 4.69) is 15.5 Å². The molecule has 1 N–H and O–H groups in total. The van der Waals surface area contributed by atoms with E-state index < -0.39 is 0 Å². The molecule has 0 aliphatic heterocycles. The maximum Gasteiger partial charge on any atom is 0.227 e. The molecule has 0 aliphatic carbocycles. The molecule has 0 atom stereocenters. The predicted octanol–water partition coefficient (Wildman–Crippen LogP) is 1.42. The zero-order valence-corrected chi connectivity index (χ0v) is 11.0. The number of ether oxygens (including phenoxy) is 2. The van der Waals surface area contributed by atoms with Gasteiger partial charge in [0.1, 0.15) is 11.5 Å². The van der Waals surface area contributed by atoms with Crippen LogP contribution in [0.5, 0.6) is 11.5 Å². The quantitative estimate of drug-likeness (QED) is 0.762. The number of nitrogens with zero attached hydrogens (tertiary/aromatic N) is 2. The van der Waals surface area contributed by atoms with E-state index in [-0.39, 0.29) is 0 Å². The smallest absolute Gasteiger partial charge is 0.227 e. The first-order valence-electron chi connectivity index (χ1n) is 6.00. The van der Waals surface area contributed by atoms with Crippen molar-refractivity contribution in [1.29, 1.82) is 0 Å². The molecule has 1 heterocycles. The van der Waals surface area contributed by atoms with Gasteiger partial charge in [-0.2, -0.15) is 4.98 Å². The lowest BCUT2D eigenvalue weighted by Gasteiger charge is -2.09. The number of hydrogen-bond donors (Lipinski definition) is 1. The highest BCUT2D eigenvalue weighted by molar-refractivity contribution is 5.38. The Morgan fingerprint density at radius 2 is 1.89 bits per heavy atom. The second-order valence-corrected chi connectivity index (χ2v) is 3.98. The van der Waals surface area contributed by atoms with Crippen molar-refractivity contribution in [2.75, 3.05) is 20.8 Å². The normalized spacial score (nSPS) is 10.4. The molecule has 2 rings (SSSR count). The maximum absolute atomic E-state index is 5.22. The average molecular weight is 263 g/mol. The number of benzene rings is 1. The maximum atomic E-state index is 5.22. The van der Waals surface area contributed by atoms with Crippen LogP contribution in [0.25, 0.3) is 0 Å². The summed E-state index contributed by atoms with van der Waals surface area (Å²) in [5.74, 6) is 2.21. The van der Waals surface area contributed by atoms with E-state index in [1.165, 1.54) is 6.33 Å². The van der Waals surface area contributed by atoms with Crippen molar-refractivity contribution in [3.63, 3.8) is 0 Å². The Labute approximate surface area is 111 Å². The number of aromatic nitrogens is 2. The van der Waals surface area contributed by atoms with Crippen LogP contribution in [0.2, 0.25) is 0 Å². The monoisotopic (exact) mass is 263 g/mol. The molecule has 1 aromatic heterocycles. The molecule has 2 aromatic rings. The first kappa shape index (κ1) is 13.4. The zero-order chi connectivity index (χ0) is 13.5. The first-order valence-corrected chi connectivity index (χ1v) is 6.00. The highest BCUT2D eigenvalue weighted by atomic mass is 16.5. The fourth-order valence-corrected chi connectivity index (χ4v) is 1.70. The lowest BCUT2D eigenvalue weighted by Crippen LogP contribution is -2.16. The minimum absolute atomic E-state index is 0.635. The Hall–Kier alpha value is -2.08. The van der Waals surface area contributed by atoms with Crippen molar-refractivity contribution >= 4 is 0 Å². The third-order valence-corrected chi connectivity index (χ3v) is 2.66. The number of hydrogen-bond acceptors (Lipinski definition) is 6. The highest BCUT2D eigenvalue weighted by Crippen LogP contribution is 2.22. The molecule has 0 saturated heterocycles. The summed E-state index contributed by atoms with van der Waals surface area (Å²) in [4.78, 5) is 3.96. The molecular weight excluding hydrogens is 246 g/mol. The van der Waals surface area contributed by atoms with E-state index >= 15 is 0 Å². The SMILES string of the molecule is COc1cc(CNCCc2ncno2)cc(OC)c1. The Bertz CT molecular complexity index is 478. The third kappa shape index (κ3) is 3.96. The summed E-state index contributed by atoms with van der Waals surface area (Å²) < 4.78 is 15.4. The fraction of sp³-hybridized carbons (Fsp3) is 0.385. The van der Waals surface area contributed by atoms with Gasteiger partial charge in [-0.1, -0.05) is 5.16 Å². The topological polar surface area (TPSA) is 69.4 Å². The molecule has 102 valence electrons. The lowest BCUT2D eigenvalue weighted by molar-refractivity contribution is 0.374. The largest absolute Gasteiger partial charge is 0.497 e. The molecule has 0 unspecified atom stereocenters. The summed E-state index contributed by atoms with van der Waals surface area (Å²) in [6.45, 7) is 1.49. The van der Waals surface area contributed by atoms with Gasteiger partial charge in [0.25, 0.3) is 0 Å². The van der Waals surface area contributed by atoms with E-state index in [9.17, 15) is 0 Å². The van der Waals surface area contributed by atoms with E-state index in [1.54, 1.807) is 14.2 Å². The van der Waals surface area contributed by atoms with Crippen LogP contribution in [0.3, 0.4) is 0 Å². The van der Waals surface area contributed by atoms with Gasteiger partial charge in [-0.15, -0.1) is 0 Å². The Morgan fingerprint density at radius 1 is 1.16 bits per heavy atom. The minimum Gasteiger partial charge on any atom is -0.497 e. The van der Waals surface area contributed by atoms with E-state index in [1.807, 2.05) is 18.2 Å². The average Bonchev–Trinajstić information content (AvgIpc) is 2.96. The van der Waals surface area contributed by atoms with Crippen LogP contribution in [0.4, 0.5) is 0 Å². The van der Waals surface area contributed by atoms with Crippen LogP contribution >= 0.6 is 0 Å². The van der Waals surface area contributed by atoms with Gasteiger partial charge in [0.2, 0.25) is 5.89 Å². The summed E-state index contributed by atoms with van der Waals surface area (Å²) in [5.41, 5.74) is 1.10. The lowest BCUT2D eigenvalue weighted by atomic mass is 10.2. The summed E-state index contributed by atoms with van der Waals surface area (Å²) in [6, 6.07) is 5.80. The van der Waals surface area contributed by atoms with Crippen LogP contribution in [-0.2, 0) is 13.0 Å². The molecule has 0 spiro atoms. The summed E-state index contributed by atoms with van der Waals surface area (Å²) in [7, 11) is 3.28. The summed E-state index contributed by atoms with van der Waals surface area (Å²) in [5, 5.41) is 6.86. The second-order valence-electron chi connectivity index (χ2n) is 3.98. The minimum atomic E-state index is 0.635. The van der Waals surface area contributed by atoms with Gasteiger partial charge >= 0.3 is 0 Å². The van der Waals surface area contributed by atoms with E-state index in [0.717, 1.165) is 30.2 Å². The van der Waals surface area contributed by atoms with E-state index in [4.69, 9.17) is 14.0 Å². The van der Waals surface area contributed by atoms with Crippen LogP contribution in [0.15, 0.2) is 29.0 Å². The molecule has 0 saturated carbocycles. The fourth-order valence-electron chi connectivity index (χ4n) is 1.70. The Balaban J connectivity index is 1.84. The predicted molar refractivity (Wildman–Crippen MR) is 69.3 cm³/mol. The van der Waals surface area contributed by atoms with Crippen LogP contribution in [-0.4, -0.2) is 30.9 Å². The zero-order valence-electron chi connectivity index (χ0n) is 11.0. The van der Waals surface area contributed by atoms with Gasteiger partial charge in [0.15, 0.2) is 6.33 Å². The van der Waals surface area contributed by atoms with Crippen LogP contribution in [0.1, 0.15) is 11.5 Å². The van der Waals surface area contributed by atoms with Crippen LogP contribution in [0, 0.1) is 0 Å². The molecule has 0 bridgehead atoms. The Morgan fingerprint density at radius 3 is 2.47 bits per heavy atom. The van der Waals surface area contributed by atoms with Crippen molar-refractivity contribution in [2.45, 2.75) is 13.0 Å². The van der Waals surface area contributed by atoms with Gasteiger partial charge in [0.05, 0.1) is 14.2 Å². The Kier molecular flexibility index (Phi) is 4.74. The van der Waals surface area contributed by atoms with E-state index in [0.29, 0.717) is 12.3 Å². The van der Waals surface area contributed by atoms with Crippen molar-refractivity contribution < 1.29 is 14.0 Å². The standard InChI is InChI=1S/C13H17N3O3/c1-17-11-5-10(6-12(7-11)18-2)8-14-4-3-13-15-9-16-19-13/h5-7,9,14H,3-4,8H2,1-2H3. The number of nitrogens with one attached hydrogen (secondary N) is 1. The van der Waals surface area contributed by atoms with Crippen molar-refractivity contribution in [2.24, 2.45) is 0 Å². The highest BCUT2D eigenvalue weighted by Gasteiger charge is 2.02. The molecule has 0 amide bonds. The van der Waals surface area contributed by atoms with Gasteiger partial charge < -0.3 is 19.3 Å². The van der Waals surface area contributed by atoms with Gasteiger partial charge in [0, 0.05) is 25.6 Å². The molecule has 0 radical (unpaired) electrons. The van der Waals surface area contributed by atoms with Crippen molar-refractivity contribution in [3.05, 3.63) is 36.0 Å².